The molecule has 2 aromatic heterocycles. The van der Waals surface area contributed by atoms with Gasteiger partial charge in [-0.2, -0.15) is 0 Å². The summed E-state index contributed by atoms with van der Waals surface area (Å²) in [6.07, 6.45) is 0. The number of azo groups is 1. The molecule has 2 aromatic carbocycles. The van der Waals surface area contributed by atoms with Gasteiger partial charge in [-0.1, -0.05) is 29.8 Å². The largest absolute Gasteiger partial charge is 0.493 e. The normalized spacial score (nSPS) is 11.6. The Bertz CT molecular complexity index is 1250. The molecule has 7 heteroatoms. The zero-order valence-corrected chi connectivity index (χ0v) is 13.7. The lowest BCUT2D eigenvalue weighted by molar-refractivity contribution is 0.0991. The van der Waals surface area contributed by atoms with Crippen LogP contribution in [0.5, 0.6) is 5.88 Å². The summed E-state index contributed by atoms with van der Waals surface area (Å²) in [6.45, 7) is 1.89. The van der Waals surface area contributed by atoms with Crippen molar-refractivity contribution in [3.8, 4) is 5.88 Å². The minimum atomic E-state index is -0.841. The van der Waals surface area contributed by atoms with Gasteiger partial charge < -0.3 is 14.5 Å². The number of nitrogens with one attached hydrogen (secondary N) is 1. The van der Waals surface area contributed by atoms with E-state index in [-0.39, 0.29) is 17.1 Å². The van der Waals surface area contributed by atoms with Gasteiger partial charge >= 0.3 is 11.5 Å². The molecule has 0 spiro atoms. The van der Waals surface area contributed by atoms with Crippen molar-refractivity contribution in [2.75, 3.05) is 0 Å². The van der Waals surface area contributed by atoms with Gasteiger partial charge in [0.1, 0.15) is 11.1 Å². The number of hydrogen-bond acceptors (Lipinski definition) is 5. The Morgan fingerprint density at radius 2 is 1.96 bits per heavy atom. The van der Waals surface area contributed by atoms with Crippen molar-refractivity contribution in [2.45, 2.75) is 6.92 Å². The van der Waals surface area contributed by atoms with Gasteiger partial charge in [-0.25, -0.2) is 4.79 Å². The number of aromatic amines is 1. The highest BCUT2D eigenvalue weighted by molar-refractivity contribution is 5.98. The van der Waals surface area contributed by atoms with E-state index in [9.17, 15) is 14.7 Å². The van der Waals surface area contributed by atoms with Gasteiger partial charge in [-0.05, 0) is 31.2 Å². The van der Waals surface area contributed by atoms with E-state index in [4.69, 9.17) is 4.42 Å². The zero-order chi connectivity index (χ0) is 18.3. The number of carbonyl (C=O) groups is 1. The van der Waals surface area contributed by atoms with Gasteiger partial charge in [0.25, 0.3) is 0 Å². The number of benzene rings is 2. The third-order valence-electron chi connectivity index (χ3n) is 4.02. The molecule has 4 rings (SSSR count). The smallest absolute Gasteiger partial charge is 0.349 e. The third-order valence-corrected chi connectivity index (χ3v) is 4.02. The van der Waals surface area contributed by atoms with Crippen molar-refractivity contribution in [3.63, 3.8) is 0 Å². The lowest BCUT2D eigenvalue weighted by Crippen LogP contribution is -2.11. The Labute approximate surface area is 146 Å². The Morgan fingerprint density at radius 1 is 1.15 bits per heavy atom. The van der Waals surface area contributed by atoms with E-state index >= 15 is 0 Å². The van der Waals surface area contributed by atoms with Crippen LogP contribution in [-0.2, 0) is 0 Å². The summed E-state index contributed by atoms with van der Waals surface area (Å²) >= 11 is 0. The predicted molar refractivity (Wildman–Crippen MR) is 96.0 cm³/mol. The lowest BCUT2D eigenvalue weighted by Gasteiger charge is -2.00. The minimum absolute atomic E-state index is 0.134. The molecule has 0 saturated carbocycles. The van der Waals surface area contributed by atoms with Crippen molar-refractivity contribution in [2.24, 2.45) is 10.2 Å². The van der Waals surface area contributed by atoms with Gasteiger partial charge in [-0.3, -0.25) is 4.79 Å². The fourth-order valence-electron chi connectivity index (χ4n) is 2.76. The first-order valence-corrected chi connectivity index (χ1v) is 7.83. The molecule has 0 fully saturated rings. The number of aromatic hydroxyl groups is 1. The van der Waals surface area contributed by atoms with Crippen LogP contribution < -0.4 is 5.63 Å². The topological polar surface area (TPSA) is 108 Å². The van der Waals surface area contributed by atoms with Crippen LogP contribution in [0.1, 0.15) is 15.9 Å². The molecule has 2 heterocycles. The van der Waals surface area contributed by atoms with Crippen LogP contribution in [0.3, 0.4) is 0 Å². The molecule has 0 unspecified atom stereocenters. The molecule has 0 aliphatic rings. The monoisotopic (exact) mass is 347 g/mol. The number of carbonyl (C=O) groups excluding carboxylic acids is 1. The number of rotatable bonds is 2. The number of H-pyrrole nitrogens is 1. The van der Waals surface area contributed by atoms with E-state index in [1.54, 1.807) is 36.4 Å². The molecular formula is C19H13N3O4. The van der Waals surface area contributed by atoms with E-state index in [0.717, 1.165) is 5.56 Å². The quantitative estimate of drug-likeness (QED) is 0.418. The SMILES string of the molecule is Cc1ccc2oc(=O)c(C(=O)N=Nc3c(O)[nH]c4ccccc34)cc2c1. The fourth-order valence-corrected chi connectivity index (χ4v) is 2.76. The average Bonchev–Trinajstić information content (AvgIpc) is 2.94. The zero-order valence-electron chi connectivity index (χ0n) is 13.7. The van der Waals surface area contributed by atoms with E-state index < -0.39 is 11.5 Å². The molecule has 4 aromatic rings. The first kappa shape index (κ1) is 15.8. The second-order valence-electron chi connectivity index (χ2n) is 5.86. The maximum Gasteiger partial charge on any atom is 0.349 e. The van der Waals surface area contributed by atoms with E-state index in [1.165, 1.54) is 6.07 Å². The highest BCUT2D eigenvalue weighted by atomic mass is 16.4. The van der Waals surface area contributed by atoms with Gasteiger partial charge in [-0.15, -0.1) is 10.2 Å². The van der Waals surface area contributed by atoms with Crippen LogP contribution >= 0.6 is 0 Å². The van der Waals surface area contributed by atoms with Crippen LogP contribution in [0.25, 0.3) is 21.9 Å². The Hall–Kier alpha value is -3.74. The molecule has 1 amide bonds. The van der Waals surface area contributed by atoms with E-state index in [1.807, 2.05) is 13.0 Å². The van der Waals surface area contributed by atoms with Gasteiger partial charge in [0.2, 0.25) is 5.88 Å². The van der Waals surface area contributed by atoms with Crippen LogP contribution in [0.2, 0.25) is 0 Å². The van der Waals surface area contributed by atoms with Crippen molar-refractivity contribution >= 4 is 33.5 Å². The molecule has 0 aliphatic carbocycles. The number of para-hydroxylation sites is 1. The fraction of sp³-hybridized carbons (Fsp3) is 0.0526. The molecule has 26 heavy (non-hydrogen) atoms. The lowest BCUT2D eigenvalue weighted by atomic mass is 10.1. The molecule has 0 bridgehead atoms. The third kappa shape index (κ3) is 2.65. The Morgan fingerprint density at radius 3 is 2.81 bits per heavy atom. The number of aryl methyl sites for hydroxylation is 1. The van der Waals surface area contributed by atoms with Crippen molar-refractivity contribution < 1.29 is 14.3 Å². The number of fused-ring (bicyclic) bond motifs is 2. The molecule has 2 N–H and O–H groups in total. The summed E-state index contributed by atoms with van der Waals surface area (Å²) in [7, 11) is 0. The van der Waals surface area contributed by atoms with Crippen molar-refractivity contribution in [3.05, 3.63) is 70.1 Å². The summed E-state index contributed by atoms with van der Waals surface area (Å²) in [5.41, 5.74) is 1.15. The van der Waals surface area contributed by atoms with Crippen LogP contribution in [0.4, 0.5) is 5.69 Å². The van der Waals surface area contributed by atoms with E-state index in [0.29, 0.717) is 21.9 Å². The highest BCUT2D eigenvalue weighted by Gasteiger charge is 2.15. The van der Waals surface area contributed by atoms with E-state index in [2.05, 4.69) is 15.2 Å². The summed E-state index contributed by atoms with van der Waals surface area (Å²) in [5, 5.41) is 18.6. The summed E-state index contributed by atoms with van der Waals surface area (Å²) < 4.78 is 5.17. The average molecular weight is 347 g/mol. The minimum Gasteiger partial charge on any atom is -0.493 e. The maximum absolute atomic E-state index is 12.3. The van der Waals surface area contributed by atoms with Crippen molar-refractivity contribution in [1.29, 1.82) is 0 Å². The summed E-state index contributed by atoms with van der Waals surface area (Å²) in [6, 6.07) is 13.8. The predicted octanol–water partition coefficient (Wildman–Crippen LogP) is 4.21. The maximum atomic E-state index is 12.3. The van der Waals surface area contributed by atoms with Crippen LogP contribution in [0, 0.1) is 6.92 Å². The van der Waals surface area contributed by atoms with Crippen LogP contribution in [0.15, 0.2) is 68.0 Å². The van der Waals surface area contributed by atoms with Crippen molar-refractivity contribution in [1.82, 2.24) is 4.98 Å². The number of hydrogen-bond donors (Lipinski definition) is 2. The molecule has 0 aliphatic heterocycles. The van der Waals surface area contributed by atoms with Gasteiger partial charge in [0.15, 0.2) is 5.69 Å². The van der Waals surface area contributed by atoms with Crippen LogP contribution in [-0.4, -0.2) is 16.0 Å². The Balaban J connectivity index is 1.75. The molecule has 0 saturated heterocycles. The standard InChI is InChI=1S/C19H13N3O4/c1-10-6-7-15-11(8-10)9-13(19(25)26-15)17(23)22-21-16-12-4-2-3-5-14(12)20-18(16)24/h2-9,20,24H,1H3. The highest BCUT2D eigenvalue weighted by Crippen LogP contribution is 2.35. The molecular weight excluding hydrogens is 334 g/mol. The molecule has 0 radical (unpaired) electrons. The van der Waals surface area contributed by atoms with Gasteiger partial charge in [0, 0.05) is 10.8 Å². The first-order valence-electron chi connectivity index (χ1n) is 7.83. The second-order valence-corrected chi connectivity index (χ2v) is 5.86. The molecule has 7 nitrogen and oxygen atoms in total. The molecule has 0 atom stereocenters. The summed E-state index contributed by atoms with van der Waals surface area (Å²) in [4.78, 5) is 27.1. The number of aromatic nitrogens is 1. The Kier molecular flexibility index (Phi) is 3.62. The first-order chi connectivity index (χ1) is 12.5. The number of amides is 1. The van der Waals surface area contributed by atoms with Gasteiger partial charge in [0.05, 0.1) is 5.52 Å². The summed E-state index contributed by atoms with van der Waals surface area (Å²) in [5.74, 6) is -1.05. The second kappa shape index (κ2) is 5.96. The number of nitrogens with zero attached hydrogens (tertiary/aromatic N) is 2. The molecule has 128 valence electrons.